The monoisotopic (exact) mass is 340 g/mol. The molecule has 0 atom stereocenters. The Labute approximate surface area is 121 Å². The highest BCUT2D eigenvalue weighted by atomic mass is 79.9. The Kier molecular flexibility index (Phi) is 3.25. The lowest BCUT2D eigenvalue weighted by molar-refractivity contribution is 0.510. The quantitative estimate of drug-likeness (QED) is 0.681. The molecule has 0 spiro atoms. The maximum absolute atomic E-state index is 13.3. The van der Waals surface area contributed by atoms with Gasteiger partial charge in [0.2, 0.25) is 0 Å². The van der Waals surface area contributed by atoms with Crippen molar-refractivity contribution in [2.45, 2.75) is 6.54 Å². The zero-order valence-corrected chi connectivity index (χ0v) is 11.7. The summed E-state index contributed by atoms with van der Waals surface area (Å²) in [6.07, 6.45) is 1.47. The van der Waals surface area contributed by atoms with Crippen molar-refractivity contribution in [3.05, 3.63) is 64.1 Å². The van der Waals surface area contributed by atoms with Crippen LogP contribution < -0.4 is 0 Å². The second-order valence-corrected chi connectivity index (χ2v) is 5.32. The van der Waals surface area contributed by atoms with Crippen molar-refractivity contribution in [3.63, 3.8) is 0 Å². The second kappa shape index (κ2) is 4.94. The molecule has 1 aromatic heterocycles. The summed E-state index contributed by atoms with van der Waals surface area (Å²) >= 11 is 3.21. The molecule has 0 amide bonds. The molecular formula is C14H8BrF3N2. The number of benzene rings is 2. The van der Waals surface area contributed by atoms with Crippen LogP contribution in [0.25, 0.3) is 11.0 Å². The molecule has 20 heavy (non-hydrogen) atoms. The van der Waals surface area contributed by atoms with Gasteiger partial charge >= 0.3 is 0 Å². The van der Waals surface area contributed by atoms with Crippen molar-refractivity contribution in [2.75, 3.05) is 0 Å². The maximum Gasteiger partial charge on any atom is 0.161 e. The van der Waals surface area contributed by atoms with Crippen LogP contribution >= 0.6 is 15.9 Å². The molecule has 0 fully saturated rings. The Morgan fingerprint density at radius 2 is 1.75 bits per heavy atom. The summed E-state index contributed by atoms with van der Waals surface area (Å²) in [5.74, 6) is -2.23. The SMILES string of the molecule is Fc1cc(Br)cc(Cn2cnc3cc(F)c(F)cc32)c1. The molecule has 1 heterocycles. The number of aromatic nitrogens is 2. The first-order valence-electron chi connectivity index (χ1n) is 5.78. The van der Waals surface area contributed by atoms with Crippen LogP contribution in [0, 0.1) is 17.5 Å². The molecule has 6 heteroatoms. The Morgan fingerprint density at radius 3 is 2.50 bits per heavy atom. The molecule has 0 aliphatic carbocycles. The van der Waals surface area contributed by atoms with E-state index in [1.165, 1.54) is 18.5 Å². The zero-order valence-electron chi connectivity index (χ0n) is 10.1. The lowest BCUT2D eigenvalue weighted by atomic mass is 10.2. The van der Waals surface area contributed by atoms with E-state index in [-0.39, 0.29) is 5.82 Å². The summed E-state index contributed by atoms with van der Waals surface area (Å²) in [5.41, 5.74) is 1.52. The van der Waals surface area contributed by atoms with Crippen molar-refractivity contribution in [1.29, 1.82) is 0 Å². The van der Waals surface area contributed by atoms with E-state index < -0.39 is 11.6 Å². The predicted octanol–water partition coefficient (Wildman–Crippen LogP) is 4.26. The van der Waals surface area contributed by atoms with Crippen LogP contribution in [-0.2, 0) is 6.54 Å². The highest BCUT2D eigenvalue weighted by molar-refractivity contribution is 9.10. The van der Waals surface area contributed by atoms with E-state index in [1.54, 1.807) is 10.6 Å². The van der Waals surface area contributed by atoms with Crippen LogP contribution in [-0.4, -0.2) is 9.55 Å². The van der Waals surface area contributed by atoms with E-state index >= 15 is 0 Å². The van der Waals surface area contributed by atoms with E-state index in [9.17, 15) is 13.2 Å². The van der Waals surface area contributed by atoms with E-state index in [0.29, 0.717) is 27.6 Å². The van der Waals surface area contributed by atoms with Crippen molar-refractivity contribution in [3.8, 4) is 0 Å². The first-order chi connectivity index (χ1) is 9.52. The summed E-state index contributed by atoms with van der Waals surface area (Å²) in [7, 11) is 0. The summed E-state index contributed by atoms with van der Waals surface area (Å²) in [4.78, 5) is 4.01. The third-order valence-corrected chi connectivity index (χ3v) is 3.40. The molecule has 0 unspecified atom stereocenters. The van der Waals surface area contributed by atoms with Gasteiger partial charge in [0.15, 0.2) is 11.6 Å². The minimum absolute atomic E-state index is 0.317. The van der Waals surface area contributed by atoms with Crippen LogP contribution in [0.2, 0.25) is 0 Å². The molecule has 0 saturated heterocycles. The highest BCUT2D eigenvalue weighted by Crippen LogP contribution is 2.20. The van der Waals surface area contributed by atoms with E-state index in [2.05, 4.69) is 20.9 Å². The number of nitrogens with zero attached hydrogens (tertiary/aromatic N) is 2. The molecule has 0 saturated carbocycles. The van der Waals surface area contributed by atoms with Gasteiger partial charge in [0, 0.05) is 23.2 Å². The Morgan fingerprint density at radius 1 is 1.00 bits per heavy atom. The molecule has 0 N–H and O–H groups in total. The molecule has 0 bridgehead atoms. The zero-order chi connectivity index (χ0) is 14.3. The highest BCUT2D eigenvalue weighted by Gasteiger charge is 2.10. The van der Waals surface area contributed by atoms with Crippen LogP contribution in [0.4, 0.5) is 13.2 Å². The van der Waals surface area contributed by atoms with Crippen LogP contribution in [0.5, 0.6) is 0 Å². The minimum atomic E-state index is -0.934. The van der Waals surface area contributed by atoms with E-state index in [4.69, 9.17) is 0 Å². The Hall–Kier alpha value is -1.82. The van der Waals surface area contributed by atoms with Crippen molar-refractivity contribution >= 4 is 27.0 Å². The summed E-state index contributed by atoms with van der Waals surface area (Å²) in [5, 5.41) is 0. The largest absolute Gasteiger partial charge is 0.326 e. The molecular weight excluding hydrogens is 333 g/mol. The summed E-state index contributed by atoms with van der Waals surface area (Å²) in [6, 6.07) is 6.63. The molecule has 3 aromatic rings. The normalized spacial score (nSPS) is 11.2. The number of rotatable bonds is 2. The fraction of sp³-hybridized carbons (Fsp3) is 0.0714. The minimum Gasteiger partial charge on any atom is -0.326 e. The van der Waals surface area contributed by atoms with Crippen molar-refractivity contribution in [1.82, 2.24) is 9.55 Å². The fourth-order valence-electron chi connectivity index (χ4n) is 2.08. The summed E-state index contributed by atoms with van der Waals surface area (Å²) < 4.78 is 42.0. The van der Waals surface area contributed by atoms with Crippen LogP contribution in [0.15, 0.2) is 41.1 Å². The predicted molar refractivity (Wildman–Crippen MR) is 72.9 cm³/mol. The number of hydrogen-bond acceptors (Lipinski definition) is 1. The van der Waals surface area contributed by atoms with Gasteiger partial charge < -0.3 is 4.57 Å². The topological polar surface area (TPSA) is 17.8 Å². The third kappa shape index (κ3) is 2.43. The van der Waals surface area contributed by atoms with E-state index in [0.717, 1.165) is 12.1 Å². The number of imidazole rings is 1. The molecule has 0 aliphatic rings. The third-order valence-electron chi connectivity index (χ3n) is 2.94. The van der Waals surface area contributed by atoms with Gasteiger partial charge in [-0.2, -0.15) is 0 Å². The Bertz CT molecular complexity index is 778. The van der Waals surface area contributed by atoms with Crippen LogP contribution in [0.1, 0.15) is 5.56 Å². The molecule has 0 aliphatic heterocycles. The van der Waals surface area contributed by atoms with Crippen molar-refractivity contribution in [2.24, 2.45) is 0 Å². The number of fused-ring (bicyclic) bond motifs is 1. The van der Waals surface area contributed by atoms with Gasteiger partial charge in [0.25, 0.3) is 0 Å². The number of hydrogen-bond donors (Lipinski definition) is 0. The first kappa shape index (κ1) is 13.2. The van der Waals surface area contributed by atoms with E-state index in [1.807, 2.05) is 0 Å². The lowest BCUT2D eigenvalue weighted by Gasteiger charge is -2.06. The van der Waals surface area contributed by atoms with Gasteiger partial charge in [-0.1, -0.05) is 15.9 Å². The first-order valence-corrected chi connectivity index (χ1v) is 6.57. The number of halogens is 4. The standard InChI is InChI=1S/C14H8BrF3N2/c15-9-1-8(2-10(16)3-9)6-20-7-19-13-4-11(17)12(18)5-14(13)20/h1-5,7H,6H2. The van der Waals surface area contributed by atoms with Gasteiger partial charge in [-0.15, -0.1) is 0 Å². The average molecular weight is 341 g/mol. The van der Waals surface area contributed by atoms with Gasteiger partial charge in [0.05, 0.1) is 17.4 Å². The summed E-state index contributed by atoms with van der Waals surface area (Å²) in [6.45, 7) is 0.317. The maximum atomic E-state index is 13.3. The second-order valence-electron chi connectivity index (χ2n) is 4.41. The molecule has 3 rings (SSSR count). The molecule has 2 aromatic carbocycles. The van der Waals surface area contributed by atoms with Gasteiger partial charge in [-0.25, -0.2) is 18.2 Å². The van der Waals surface area contributed by atoms with Crippen molar-refractivity contribution < 1.29 is 13.2 Å². The van der Waals surface area contributed by atoms with Crippen LogP contribution in [0.3, 0.4) is 0 Å². The lowest BCUT2D eigenvalue weighted by Crippen LogP contribution is -1.99. The van der Waals surface area contributed by atoms with Gasteiger partial charge in [-0.05, 0) is 23.8 Å². The van der Waals surface area contributed by atoms with Gasteiger partial charge in [-0.3, -0.25) is 0 Å². The fourth-order valence-corrected chi connectivity index (χ4v) is 2.59. The molecule has 0 radical (unpaired) electrons. The van der Waals surface area contributed by atoms with Gasteiger partial charge in [0.1, 0.15) is 5.82 Å². The molecule has 102 valence electrons. The molecule has 2 nitrogen and oxygen atoms in total. The Balaban J connectivity index is 2.04. The average Bonchev–Trinajstić information content (AvgIpc) is 2.71. The smallest absolute Gasteiger partial charge is 0.161 e.